The number of aryl methyl sites for hydroxylation is 1. The van der Waals surface area contributed by atoms with E-state index < -0.39 is 0 Å². The molecule has 0 fully saturated rings. The Bertz CT molecular complexity index is 688. The molecule has 5 heteroatoms. The van der Waals surface area contributed by atoms with Gasteiger partial charge in [0.25, 0.3) is 5.78 Å². The van der Waals surface area contributed by atoms with Crippen molar-refractivity contribution in [2.24, 2.45) is 0 Å². The van der Waals surface area contributed by atoms with Crippen LogP contribution < -0.4 is 0 Å². The molecule has 0 radical (unpaired) electrons. The van der Waals surface area contributed by atoms with E-state index in [4.69, 9.17) is 0 Å². The number of fused-ring (bicyclic) bond motifs is 1. The van der Waals surface area contributed by atoms with Crippen molar-refractivity contribution in [3.63, 3.8) is 0 Å². The Hall–Kier alpha value is -1.75. The van der Waals surface area contributed by atoms with E-state index >= 15 is 0 Å². The molecule has 0 spiro atoms. The lowest BCUT2D eigenvalue weighted by Crippen LogP contribution is -1.96. The maximum absolute atomic E-state index is 4.46. The van der Waals surface area contributed by atoms with Crippen LogP contribution in [0.3, 0.4) is 0 Å². The molecule has 4 nitrogen and oxygen atoms in total. The Morgan fingerprint density at radius 3 is 2.67 bits per heavy atom. The SMILES string of the molecule is CCc1nc2nccc(-c3ccc(Br)cc3)n2n1. The highest BCUT2D eigenvalue weighted by atomic mass is 79.9. The van der Waals surface area contributed by atoms with Gasteiger partial charge in [0.15, 0.2) is 5.82 Å². The van der Waals surface area contributed by atoms with Gasteiger partial charge in [0.1, 0.15) is 0 Å². The highest BCUT2D eigenvalue weighted by Crippen LogP contribution is 2.21. The molecule has 0 amide bonds. The van der Waals surface area contributed by atoms with Gasteiger partial charge in [0.2, 0.25) is 0 Å². The molecule has 0 aliphatic carbocycles. The van der Waals surface area contributed by atoms with Crippen molar-refractivity contribution in [1.29, 1.82) is 0 Å². The molecule has 0 N–H and O–H groups in total. The van der Waals surface area contributed by atoms with Gasteiger partial charge in [0, 0.05) is 22.7 Å². The smallest absolute Gasteiger partial charge is 0.220 e. The van der Waals surface area contributed by atoms with Crippen LogP contribution in [0.5, 0.6) is 0 Å². The normalized spacial score (nSPS) is 11.0. The number of hydrogen-bond acceptors (Lipinski definition) is 3. The Kier molecular flexibility index (Phi) is 2.83. The third-order valence-corrected chi connectivity index (χ3v) is 3.27. The number of aromatic nitrogens is 4. The fourth-order valence-corrected chi connectivity index (χ4v) is 2.09. The molecule has 2 aromatic heterocycles. The van der Waals surface area contributed by atoms with E-state index in [1.165, 1.54) is 0 Å². The summed E-state index contributed by atoms with van der Waals surface area (Å²) in [5, 5.41) is 4.46. The first-order valence-electron chi connectivity index (χ1n) is 5.74. The van der Waals surface area contributed by atoms with Crippen LogP contribution in [-0.4, -0.2) is 19.6 Å². The zero-order valence-electron chi connectivity index (χ0n) is 9.84. The van der Waals surface area contributed by atoms with Crippen LogP contribution in [-0.2, 0) is 6.42 Å². The van der Waals surface area contributed by atoms with Gasteiger partial charge in [-0.15, -0.1) is 5.10 Å². The van der Waals surface area contributed by atoms with Gasteiger partial charge in [-0.05, 0) is 18.2 Å². The van der Waals surface area contributed by atoms with Crippen molar-refractivity contribution in [3.8, 4) is 11.3 Å². The summed E-state index contributed by atoms with van der Waals surface area (Å²) >= 11 is 3.44. The minimum atomic E-state index is 0.646. The molecule has 3 rings (SSSR count). The first-order valence-corrected chi connectivity index (χ1v) is 6.54. The van der Waals surface area contributed by atoms with Crippen LogP contribution in [0.1, 0.15) is 12.7 Å². The lowest BCUT2D eigenvalue weighted by molar-refractivity contribution is 0.885. The third-order valence-electron chi connectivity index (χ3n) is 2.74. The molecule has 0 saturated heterocycles. The fourth-order valence-electron chi connectivity index (χ4n) is 1.82. The molecule has 90 valence electrons. The highest BCUT2D eigenvalue weighted by molar-refractivity contribution is 9.10. The summed E-state index contributed by atoms with van der Waals surface area (Å²) in [5.74, 6) is 1.46. The number of halogens is 1. The molecule has 18 heavy (non-hydrogen) atoms. The second-order valence-corrected chi connectivity index (χ2v) is 4.85. The summed E-state index contributed by atoms with van der Waals surface area (Å²) in [4.78, 5) is 8.60. The first-order chi connectivity index (χ1) is 8.78. The lowest BCUT2D eigenvalue weighted by atomic mass is 10.1. The van der Waals surface area contributed by atoms with E-state index in [-0.39, 0.29) is 0 Å². The quantitative estimate of drug-likeness (QED) is 0.730. The van der Waals surface area contributed by atoms with Crippen molar-refractivity contribution in [2.75, 3.05) is 0 Å². The molecule has 0 aliphatic heterocycles. The molecule has 1 aromatic carbocycles. The van der Waals surface area contributed by atoms with E-state index in [1.807, 2.05) is 37.3 Å². The van der Waals surface area contributed by atoms with Gasteiger partial charge in [0.05, 0.1) is 5.69 Å². The minimum Gasteiger partial charge on any atom is -0.220 e. The van der Waals surface area contributed by atoms with Gasteiger partial charge >= 0.3 is 0 Å². The predicted octanol–water partition coefficient (Wildman–Crippen LogP) is 3.12. The maximum Gasteiger partial charge on any atom is 0.252 e. The molecule has 0 atom stereocenters. The van der Waals surface area contributed by atoms with Crippen LogP contribution in [0.2, 0.25) is 0 Å². The summed E-state index contributed by atoms with van der Waals surface area (Å²) in [6, 6.07) is 10.1. The summed E-state index contributed by atoms with van der Waals surface area (Å²) in [6.45, 7) is 2.04. The lowest BCUT2D eigenvalue weighted by Gasteiger charge is -2.03. The Morgan fingerprint density at radius 2 is 1.94 bits per heavy atom. The molecule has 3 aromatic rings. The van der Waals surface area contributed by atoms with E-state index in [0.717, 1.165) is 28.0 Å². The second-order valence-electron chi connectivity index (χ2n) is 3.93. The van der Waals surface area contributed by atoms with Crippen LogP contribution in [0.4, 0.5) is 0 Å². The van der Waals surface area contributed by atoms with Crippen LogP contribution in [0.25, 0.3) is 17.0 Å². The van der Waals surface area contributed by atoms with Gasteiger partial charge in [-0.25, -0.2) is 4.98 Å². The summed E-state index contributed by atoms with van der Waals surface area (Å²) < 4.78 is 2.85. The number of hydrogen-bond donors (Lipinski definition) is 0. The van der Waals surface area contributed by atoms with Crippen LogP contribution in [0.15, 0.2) is 41.0 Å². The molecule has 0 saturated carbocycles. The topological polar surface area (TPSA) is 43.1 Å². The largest absolute Gasteiger partial charge is 0.252 e. The first kappa shape index (κ1) is 11.3. The number of benzene rings is 1. The molecule has 2 heterocycles. The fraction of sp³-hybridized carbons (Fsp3) is 0.154. The van der Waals surface area contributed by atoms with Crippen LogP contribution >= 0.6 is 15.9 Å². The summed E-state index contributed by atoms with van der Waals surface area (Å²) in [5.41, 5.74) is 2.10. The molecular weight excluding hydrogens is 292 g/mol. The highest BCUT2D eigenvalue weighted by Gasteiger charge is 2.08. The molecule has 0 aliphatic rings. The van der Waals surface area contributed by atoms with E-state index in [1.54, 1.807) is 10.7 Å². The summed E-state index contributed by atoms with van der Waals surface area (Å²) in [6.07, 6.45) is 2.57. The number of rotatable bonds is 2. The average molecular weight is 303 g/mol. The van der Waals surface area contributed by atoms with E-state index in [0.29, 0.717) is 5.78 Å². The van der Waals surface area contributed by atoms with Crippen molar-refractivity contribution in [2.45, 2.75) is 13.3 Å². The van der Waals surface area contributed by atoms with Crippen molar-refractivity contribution < 1.29 is 0 Å². The molecule has 0 bridgehead atoms. The Morgan fingerprint density at radius 1 is 1.17 bits per heavy atom. The third kappa shape index (κ3) is 1.90. The minimum absolute atomic E-state index is 0.646. The monoisotopic (exact) mass is 302 g/mol. The number of nitrogens with zero attached hydrogens (tertiary/aromatic N) is 4. The maximum atomic E-state index is 4.46. The van der Waals surface area contributed by atoms with Gasteiger partial charge < -0.3 is 0 Å². The van der Waals surface area contributed by atoms with Crippen molar-refractivity contribution in [3.05, 3.63) is 46.8 Å². The zero-order chi connectivity index (χ0) is 12.5. The van der Waals surface area contributed by atoms with Crippen molar-refractivity contribution >= 4 is 21.7 Å². The zero-order valence-corrected chi connectivity index (χ0v) is 11.4. The van der Waals surface area contributed by atoms with Gasteiger partial charge in [-0.1, -0.05) is 35.0 Å². The van der Waals surface area contributed by atoms with E-state index in [2.05, 4.69) is 31.0 Å². The Balaban J connectivity index is 2.22. The van der Waals surface area contributed by atoms with Crippen LogP contribution in [0, 0.1) is 0 Å². The molecule has 0 unspecified atom stereocenters. The second kappa shape index (κ2) is 4.49. The summed E-state index contributed by atoms with van der Waals surface area (Å²) in [7, 11) is 0. The Labute approximate surface area is 113 Å². The van der Waals surface area contributed by atoms with E-state index in [9.17, 15) is 0 Å². The predicted molar refractivity (Wildman–Crippen MR) is 73.3 cm³/mol. The van der Waals surface area contributed by atoms with Gasteiger partial charge in [-0.2, -0.15) is 9.50 Å². The molecular formula is C13H11BrN4. The van der Waals surface area contributed by atoms with Crippen molar-refractivity contribution in [1.82, 2.24) is 19.6 Å². The average Bonchev–Trinajstić information content (AvgIpc) is 2.82. The van der Waals surface area contributed by atoms with Gasteiger partial charge in [-0.3, -0.25) is 0 Å². The standard InChI is InChI=1S/C13H11BrN4/c1-2-12-16-13-15-8-7-11(18(13)17-12)9-3-5-10(14)6-4-9/h3-8H,2H2,1H3.